The first-order valence-corrected chi connectivity index (χ1v) is 5.77. The van der Waals surface area contributed by atoms with Gasteiger partial charge in [0.25, 0.3) is 0 Å². The van der Waals surface area contributed by atoms with Gasteiger partial charge in [-0.25, -0.2) is 9.99 Å². The predicted octanol–water partition coefficient (Wildman–Crippen LogP) is 1.81. The monoisotopic (exact) mass is 271 g/mol. The van der Waals surface area contributed by atoms with Crippen LogP contribution in [0, 0.1) is 6.92 Å². The minimum atomic E-state index is 0.774. The highest BCUT2D eigenvalue weighted by molar-refractivity contribution is 9.10. The molecule has 0 atom stereocenters. The van der Waals surface area contributed by atoms with E-state index in [2.05, 4.69) is 38.3 Å². The average Bonchev–Trinajstić information content (AvgIpc) is 2.26. The zero-order valence-corrected chi connectivity index (χ0v) is 10.2. The summed E-state index contributed by atoms with van der Waals surface area (Å²) in [4.78, 5) is 4.29. The Hall–Kier alpha value is -0.650. The molecule has 2 rings (SSSR count). The van der Waals surface area contributed by atoms with E-state index in [-0.39, 0.29) is 0 Å². The SMILES string of the molecule is Cc1ccnc(NN2CCOCC2)c1Br. The van der Waals surface area contributed by atoms with Crippen LogP contribution >= 0.6 is 15.9 Å². The van der Waals surface area contributed by atoms with Gasteiger partial charge < -0.3 is 10.2 Å². The van der Waals surface area contributed by atoms with E-state index in [4.69, 9.17) is 4.74 Å². The van der Waals surface area contributed by atoms with Crippen LogP contribution < -0.4 is 5.43 Å². The molecule has 0 spiro atoms. The number of morpholine rings is 1. The number of aromatic nitrogens is 1. The van der Waals surface area contributed by atoms with E-state index in [1.54, 1.807) is 0 Å². The molecule has 1 aromatic rings. The van der Waals surface area contributed by atoms with Crippen LogP contribution in [0.25, 0.3) is 0 Å². The number of hydrogen-bond acceptors (Lipinski definition) is 4. The van der Waals surface area contributed by atoms with Crippen LogP contribution in [-0.2, 0) is 4.74 Å². The van der Waals surface area contributed by atoms with E-state index in [9.17, 15) is 0 Å². The fourth-order valence-electron chi connectivity index (χ4n) is 1.44. The maximum atomic E-state index is 5.28. The van der Waals surface area contributed by atoms with Crippen LogP contribution in [0.15, 0.2) is 16.7 Å². The maximum absolute atomic E-state index is 5.28. The molecule has 0 aromatic carbocycles. The van der Waals surface area contributed by atoms with Gasteiger partial charge in [0.05, 0.1) is 17.7 Å². The highest BCUT2D eigenvalue weighted by Gasteiger charge is 2.12. The molecule has 15 heavy (non-hydrogen) atoms. The van der Waals surface area contributed by atoms with Crippen molar-refractivity contribution in [1.29, 1.82) is 0 Å². The molecule has 0 saturated carbocycles. The summed E-state index contributed by atoms with van der Waals surface area (Å²) in [6.45, 7) is 5.38. The molecule has 0 amide bonds. The quantitative estimate of drug-likeness (QED) is 0.891. The van der Waals surface area contributed by atoms with Crippen molar-refractivity contribution in [3.63, 3.8) is 0 Å². The lowest BCUT2D eigenvalue weighted by atomic mass is 10.3. The molecule has 5 heteroatoms. The molecular weight excluding hydrogens is 258 g/mol. The first-order chi connectivity index (χ1) is 7.27. The van der Waals surface area contributed by atoms with Crippen LogP contribution in [0.1, 0.15) is 5.56 Å². The fraction of sp³-hybridized carbons (Fsp3) is 0.500. The van der Waals surface area contributed by atoms with Crippen molar-refractivity contribution < 1.29 is 4.74 Å². The Labute approximate surface area is 97.7 Å². The lowest BCUT2D eigenvalue weighted by Crippen LogP contribution is -2.40. The van der Waals surface area contributed by atoms with Gasteiger partial charge in [-0.2, -0.15) is 0 Å². The molecule has 2 heterocycles. The predicted molar refractivity (Wildman–Crippen MR) is 62.7 cm³/mol. The smallest absolute Gasteiger partial charge is 0.154 e. The largest absolute Gasteiger partial charge is 0.379 e. The van der Waals surface area contributed by atoms with Gasteiger partial charge in [-0.15, -0.1) is 0 Å². The third kappa shape index (κ3) is 2.68. The highest BCUT2D eigenvalue weighted by atomic mass is 79.9. The topological polar surface area (TPSA) is 37.4 Å². The number of ether oxygens (including phenoxy) is 1. The number of anilines is 1. The summed E-state index contributed by atoms with van der Waals surface area (Å²) >= 11 is 3.52. The Morgan fingerprint density at radius 2 is 2.20 bits per heavy atom. The molecule has 1 aromatic heterocycles. The Morgan fingerprint density at radius 3 is 2.93 bits per heavy atom. The summed E-state index contributed by atoms with van der Waals surface area (Å²) in [7, 11) is 0. The van der Waals surface area contributed by atoms with Crippen molar-refractivity contribution in [1.82, 2.24) is 9.99 Å². The van der Waals surface area contributed by atoms with E-state index in [0.717, 1.165) is 36.6 Å². The van der Waals surface area contributed by atoms with Gasteiger partial charge in [0.15, 0.2) is 5.82 Å². The Morgan fingerprint density at radius 1 is 1.47 bits per heavy atom. The molecule has 1 fully saturated rings. The molecular formula is C10H14BrN3O. The van der Waals surface area contributed by atoms with Crippen molar-refractivity contribution in [2.75, 3.05) is 31.7 Å². The highest BCUT2D eigenvalue weighted by Crippen LogP contribution is 2.23. The average molecular weight is 272 g/mol. The van der Waals surface area contributed by atoms with E-state index in [1.807, 2.05) is 12.3 Å². The molecule has 1 aliphatic heterocycles. The van der Waals surface area contributed by atoms with Gasteiger partial charge in [0, 0.05) is 19.3 Å². The number of aryl methyl sites for hydroxylation is 1. The summed E-state index contributed by atoms with van der Waals surface area (Å²) in [5.41, 5.74) is 4.47. The third-order valence-corrected chi connectivity index (χ3v) is 3.36. The lowest BCUT2D eigenvalue weighted by molar-refractivity contribution is 0.0494. The number of nitrogens with zero attached hydrogens (tertiary/aromatic N) is 2. The van der Waals surface area contributed by atoms with Crippen LogP contribution in [0.2, 0.25) is 0 Å². The molecule has 1 saturated heterocycles. The summed E-state index contributed by atoms with van der Waals surface area (Å²) < 4.78 is 6.30. The van der Waals surface area contributed by atoms with Gasteiger partial charge in [0.2, 0.25) is 0 Å². The number of nitrogens with one attached hydrogen (secondary N) is 1. The van der Waals surface area contributed by atoms with Gasteiger partial charge in [-0.1, -0.05) is 0 Å². The Kier molecular flexibility index (Phi) is 3.56. The second-order valence-corrected chi connectivity index (χ2v) is 4.29. The van der Waals surface area contributed by atoms with Gasteiger partial charge in [0.1, 0.15) is 0 Å². The van der Waals surface area contributed by atoms with Crippen molar-refractivity contribution in [2.45, 2.75) is 6.92 Å². The molecule has 82 valence electrons. The zero-order valence-electron chi connectivity index (χ0n) is 8.66. The first kappa shape index (κ1) is 10.9. The Bertz CT molecular complexity index is 339. The summed E-state index contributed by atoms with van der Waals surface area (Å²) in [5, 5.41) is 2.12. The number of rotatable bonds is 2. The number of hydrogen-bond donors (Lipinski definition) is 1. The summed E-state index contributed by atoms with van der Waals surface area (Å²) in [6, 6.07) is 1.98. The van der Waals surface area contributed by atoms with E-state index in [0.29, 0.717) is 0 Å². The van der Waals surface area contributed by atoms with Gasteiger partial charge in [-0.05, 0) is 34.5 Å². The standard InChI is InChI=1S/C10H14BrN3O/c1-8-2-3-12-10(9(8)11)13-14-4-6-15-7-5-14/h2-3H,4-7H2,1H3,(H,12,13). The second kappa shape index (κ2) is 4.92. The van der Waals surface area contributed by atoms with Gasteiger partial charge >= 0.3 is 0 Å². The van der Waals surface area contributed by atoms with Crippen LogP contribution in [-0.4, -0.2) is 36.3 Å². The number of hydrazine groups is 1. The van der Waals surface area contributed by atoms with Crippen molar-refractivity contribution in [3.05, 3.63) is 22.3 Å². The molecule has 0 aliphatic carbocycles. The molecule has 0 unspecified atom stereocenters. The normalized spacial score (nSPS) is 17.7. The zero-order chi connectivity index (χ0) is 10.7. The third-order valence-electron chi connectivity index (χ3n) is 2.36. The molecule has 1 aliphatic rings. The second-order valence-electron chi connectivity index (χ2n) is 3.50. The Balaban J connectivity index is 2.06. The van der Waals surface area contributed by atoms with E-state index >= 15 is 0 Å². The molecule has 1 N–H and O–H groups in total. The molecule has 0 bridgehead atoms. The van der Waals surface area contributed by atoms with Crippen LogP contribution in [0.4, 0.5) is 5.82 Å². The van der Waals surface area contributed by atoms with Gasteiger partial charge in [-0.3, -0.25) is 0 Å². The van der Waals surface area contributed by atoms with Crippen molar-refractivity contribution >= 4 is 21.7 Å². The molecule has 4 nitrogen and oxygen atoms in total. The van der Waals surface area contributed by atoms with E-state index < -0.39 is 0 Å². The molecule has 0 radical (unpaired) electrons. The first-order valence-electron chi connectivity index (χ1n) is 4.98. The van der Waals surface area contributed by atoms with Crippen LogP contribution in [0.5, 0.6) is 0 Å². The maximum Gasteiger partial charge on any atom is 0.154 e. The van der Waals surface area contributed by atoms with Crippen LogP contribution in [0.3, 0.4) is 0 Å². The summed E-state index contributed by atoms with van der Waals surface area (Å²) in [5.74, 6) is 0.872. The number of pyridine rings is 1. The minimum Gasteiger partial charge on any atom is -0.379 e. The van der Waals surface area contributed by atoms with Crippen molar-refractivity contribution in [3.8, 4) is 0 Å². The number of halogens is 1. The van der Waals surface area contributed by atoms with Crippen molar-refractivity contribution in [2.24, 2.45) is 0 Å². The lowest BCUT2D eigenvalue weighted by Gasteiger charge is -2.27. The van der Waals surface area contributed by atoms with E-state index in [1.165, 1.54) is 5.56 Å². The fourth-order valence-corrected chi connectivity index (χ4v) is 1.77. The minimum absolute atomic E-state index is 0.774. The summed E-state index contributed by atoms with van der Waals surface area (Å²) in [6.07, 6.45) is 1.81.